The summed E-state index contributed by atoms with van der Waals surface area (Å²) in [7, 11) is 0. The highest BCUT2D eigenvalue weighted by Crippen LogP contribution is 2.60. The largest absolute Gasteiger partial charge is 0.310 e. The van der Waals surface area contributed by atoms with Crippen molar-refractivity contribution in [3.05, 3.63) is 270 Å². The zero-order valence-corrected chi connectivity index (χ0v) is 38.9. The highest BCUT2D eigenvalue weighted by Gasteiger charge is 2.48. The van der Waals surface area contributed by atoms with Gasteiger partial charge >= 0.3 is 0 Å². The summed E-state index contributed by atoms with van der Waals surface area (Å²) in [6, 6.07) is 89.0. The Balaban J connectivity index is 0.942. The molecule has 1 heteroatoms. The smallest absolute Gasteiger partial charge is 0.0540 e. The molecule has 69 heavy (non-hydrogen) atoms. The maximum Gasteiger partial charge on any atom is 0.0540 e. The molecule has 1 atom stereocenters. The quantitative estimate of drug-likeness (QED) is 0.150. The van der Waals surface area contributed by atoms with E-state index in [9.17, 15) is 0 Å². The van der Waals surface area contributed by atoms with Crippen LogP contribution in [-0.2, 0) is 17.3 Å². The summed E-state index contributed by atoms with van der Waals surface area (Å²) in [6.45, 7) is 4.77. The van der Waals surface area contributed by atoms with Crippen LogP contribution in [0.4, 0.5) is 17.1 Å². The zero-order valence-electron chi connectivity index (χ0n) is 38.9. The minimum atomic E-state index is -0.202. The Bertz CT molecular complexity index is 3890. The lowest BCUT2D eigenvalue weighted by Crippen LogP contribution is -2.24. The second-order valence-corrected chi connectivity index (χ2v) is 19.9. The molecular weight excluding hydrogens is 831 g/mol. The van der Waals surface area contributed by atoms with E-state index in [1.807, 2.05) is 0 Å². The molecule has 0 aliphatic heterocycles. The number of hydrogen-bond donors (Lipinski definition) is 0. The molecule has 0 radical (unpaired) electrons. The maximum atomic E-state index is 2.53. The van der Waals surface area contributed by atoms with E-state index in [4.69, 9.17) is 0 Å². The number of aryl methyl sites for hydroxylation is 1. The van der Waals surface area contributed by atoms with Crippen LogP contribution in [0.3, 0.4) is 0 Å². The zero-order chi connectivity index (χ0) is 45.8. The summed E-state index contributed by atoms with van der Waals surface area (Å²) < 4.78 is 0. The molecule has 0 saturated carbocycles. The van der Waals surface area contributed by atoms with Gasteiger partial charge in [-0.3, -0.25) is 0 Å². The number of rotatable bonds is 6. The SMILES string of the molecule is CC1(C)c2ccccc2-c2cccc(-c3ccccc3-c3ccc(N(c4ccc5c(c4)C4(CCc6ccccc64)c4ccccc4-5)c4ccccc4-c4ccc5c(ccc6ccccc65)c4)cc3)c21. The summed E-state index contributed by atoms with van der Waals surface area (Å²) in [5.41, 5.74) is 24.4. The molecule has 3 aliphatic rings. The van der Waals surface area contributed by atoms with Crippen molar-refractivity contribution in [1.29, 1.82) is 0 Å². The van der Waals surface area contributed by atoms with E-state index in [1.54, 1.807) is 0 Å². The molecule has 1 nitrogen and oxygen atoms in total. The predicted molar refractivity (Wildman–Crippen MR) is 290 cm³/mol. The first-order valence-electron chi connectivity index (χ1n) is 24.5. The van der Waals surface area contributed by atoms with Crippen molar-refractivity contribution >= 4 is 38.6 Å². The number of benzene rings is 11. The van der Waals surface area contributed by atoms with E-state index in [-0.39, 0.29) is 10.8 Å². The average molecular weight is 880 g/mol. The van der Waals surface area contributed by atoms with Gasteiger partial charge in [-0.1, -0.05) is 214 Å². The van der Waals surface area contributed by atoms with Crippen molar-refractivity contribution in [2.45, 2.75) is 37.5 Å². The fraction of sp³-hybridized carbons (Fsp3) is 0.0882. The highest BCUT2D eigenvalue weighted by molar-refractivity contribution is 6.09. The third-order valence-corrected chi connectivity index (χ3v) is 16.1. The van der Waals surface area contributed by atoms with Gasteiger partial charge in [0.2, 0.25) is 0 Å². The topological polar surface area (TPSA) is 3.24 Å². The Morgan fingerprint density at radius 1 is 0.348 bits per heavy atom. The third-order valence-electron chi connectivity index (χ3n) is 16.1. The summed E-state index contributed by atoms with van der Waals surface area (Å²) >= 11 is 0. The molecule has 0 fully saturated rings. The first-order chi connectivity index (χ1) is 34.0. The van der Waals surface area contributed by atoms with E-state index in [0.29, 0.717) is 0 Å². The van der Waals surface area contributed by atoms with Crippen LogP contribution in [0.1, 0.15) is 53.6 Å². The number of nitrogens with zero attached hydrogens (tertiary/aromatic N) is 1. The molecule has 0 N–H and O–H groups in total. The Morgan fingerprint density at radius 2 is 0.913 bits per heavy atom. The fourth-order valence-electron chi connectivity index (χ4n) is 13.0. The Kier molecular flexibility index (Phi) is 8.74. The Morgan fingerprint density at radius 3 is 1.74 bits per heavy atom. The Hall–Kier alpha value is -8.26. The lowest BCUT2D eigenvalue weighted by Gasteiger charge is -2.32. The summed E-state index contributed by atoms with van der Waals surface area (Å²) in [5.74, 6) is 0. The van der Waals surface area contributed by atoms with Gasteiger partial charge in [0.05, 0.1) is 5.69 Å². The van der Waals surface area contributed by atoms with E-state index in [1.165, 1.54) is 111 Å². The van der Waals surface area contributed by atoms with Crippen LogP contribution < -0.4 is 4.90 Å². The molecule has 11 aromatic carbocycles. The molecule has 1 unspecified atom stereocenters. The van der Waals surface area contributed by atoms with Crippen molar-refractivity contribution in [2.75, 3.05) is 4.90 Å². The summed E-state index contributed by atoms with van der Waals surface area (Å²) in [4.78, 5) is 2.51. The van der Waals surface area contributed by atoms with Gasteiger partial charge in [0.15, 0.2) is 0 Å². The molecule has 1 spiro atoms. The normalized spacial score (nSPS) is 15.7. The fourth-order valence-corrected chi connectivity index (χ4v) is 13.0. The van der Waals surface area contributed by atoms with Gasteiger partial charge in [0.25, 0.3) is 0 Å². The number of para-hydroxylation sites is 1. The molecule has 0 aromatic heterocycles. The number of anilines is 3. The lowest BCUT2D eigenvalue weighted by molar-refractivity contribution is 0.626. The molecule has 14 rings (SSSR count). The first kappa shape index (κ1) is 39.9. The molecule has 0 heterocycles. The van der Waals surface area contributed by atoms with Crippen molar-refractivity contribution < 1.29 is 0 Å². The van der Waals surface area contributed by atoms with Gasteiger partial charge < -0.3 is 4.90 Å². The van der Waals surface area contributed by atoms with Crippen molar-refractivity contribution in [3.63, 3.8) is 0 Å². The molecule has 0 bridgehead atoms. The Labute approximate surface area is 404 Å². The van der Waals surface area contributed by atoms with Crippen LogP contribution in [-0.4, -0.2) is 0 Å². The van der Waals surface area contributed by atoms with Gasteiger partial charge in [-0.25, -0.2) is 0 Å². The van der Waals surface area contributed by atoms with Gasteiger partial charge in [0, 0.05) is 27.8 Å². The monoisotopic (exact) mass is 879 g/mol. The summed E-state index contributed by atoms with van der Waals surface area (Å²) in [6.07, 6.45) is 2.13. The van der Waals surface area contributed by atoms with E-state index >= 15 is 0 Å². The standard InChI is InChI=1S/C68H49N/c1-67(2)62-27-12-8-23-57(62)60-25-15-24-59(66(60)67)55-21-7-6-19-52(55)45-32-35-49(36-33-45)69(65-29-14-10-20-54(65)48-34-38-53-47(42-48)31-30-44-16-3-5-18-51(44)53)50-37-39-58-56-22-9-13-28-63(56)68(64(58)43-50)41-40-46-17-4-11-26-61(46)68/h3-39,42-43H,40-41H2,1-2H3. The first-order valence-corrected chi connectivity index (χ1v) is 24.5. The lowest BCUT2D eigenvalue weighted by atomic mass is 9.73. The van der Waals surface area contributed by atoms with Crippen LogP contribution in [0.25, 0.3) is 77.2 Å². The van der Waals surface area contributed by atoms with Crippen LogP contribution in [0.2, 0.25) is 0 Å². The van der Waals surface area contributed by atoms with Crippen LogP contribution in [0, 0.1) is 0 Å². The second kappa shape index (κ2) is 15.1. The van der Waals surface area contributed by atoms with Crippen molar-refractivity contribution in [2.24, 2.45) is 0 Å². The second-order valence-electron chi connectivity index (χ2n) is 19.9. The minimum absolute atomic E-state index is 0.122. The molecule has 3 aliphatic carbocycles. The van der Waals surface area contributed by atoms with Crippen molar-refractivity contribution in [1.82, 2.24) is 0 Å². The van der Waals surface area contributed by atoms with Gasteiger partial charge in [-0.15, -0.1) is 0 Å². The van der Waals surface area contributed by atoms with E-state index in [2.05, 4.69) is 255 Å². The molecule has 11 aromatic rings. The summed E-state index contributed by atoms with van der Waals surface area (Å²) in [5, 5.41) is 5.06. The van der Waals surface area contributed by atoms with Crippen LogP contribution in [0.5, 0.6) is 0 Å². The third kappa shape index (κ3) is 5.84. The number of fused-ring (bicyclic) bond motifs is 13. The van der Waals surface area contributed by atoms with Gasteiger partial charge in [0.1, 0.15) is 0 Å². The van der Waals surface area contributed by atoms with E-state index in [0.717, 1.165) is 29.9 Å². The molecule has 326 valence electrons. The van der Waals surface area contributed by atoms with Gasteiger partial charge in [-0.2, -0.15) is 0 Å². The van der Waals surface area contributed by atoms with Crippen molar-refractivity contribution in [3.8, 4) is 55.6 Å². The molecular formula is C68H49N. The van der Waals surface area contributed by atoms with Crippen LogP contribution in [0.15, 0.2) is 237 Å². The molecule has 0 saturated heterocycles. The minimum Gasteiger partial charge on any atom is -0.310 e. The molecule has 0 amide bonds. The highest BCUT2D eigenvalue weighted by atomic mass is 15.1. The maximum absolute atomic E-state index is 2.53. The van der Waals surface area contributed by atoms with E-state index < -0.39 is 0 Å². The number of hydrogen-bond acceptors (Lipinski definition) is 1. The predicted octanol–water partition coefficient (Wildman–Crippen LogP) is 18.0. The van der Waals surface area contributed by atoms with Crippen LogP contribution >= 0.6 is 0 Å². The average Bonchev–Trinajstić information content (AvgIpc) is 4.02. The van der Waals surface area contributed by atoms with Gasteiger partial charge in [-0.05, 0) is 154 Å².